The van der Waals surface area contributed by atoms with Crippen LogP contribution in [-0.2, 0) is 14.9 Å². The molecule has 1 amide bonds. The Hall–Kier alpha value is -2.40. The molecule has 0 aromatic heterocycles. The van der Waals surface area contributed by atoms with E-state index in [1.165, 1.54) is 6.07 Å². The van der Waals surface area contributed by atoms with Crippen molar-refractivity contribution >= 4 is 11.6 Å². The molecular formula is C22H26FNO3. The van der Waals surface area contributed by atoms with Gasteiger partial charge in [-0.15, -0.1) is 0 Å². The monoisotopic (exact) mass is 371 g/mol. The third kappa shape index (κ3) is 3.83. The summed E-state index contributed by atoms with van der Waals surface area (Å²) < 4.78 is 25.7. The fourth-order valence-electron chi connectivity index (χ4n) is 3.83. The van der Waals surface area contributed by atoms with Crippen LogP contribution in [0.15, 0.2) is 36.4 Å². The number of hydrogen-bond donors (Lipinski definition) is 1. The van der Waals surface area contributed by atoms with Crippen molar-refractivity contribution in [1.82, 2.24) is 0 Å². The van der Waals surface area contributed by atoms with Crippen LogP contribution in [0.4, 0.5) is 10.1 Å². The number of aryl methyl sites for hydroxylation is 2. The highest BCUT2D eigenvalue weighted by Gasteiger charge is 2.43. The number of carbonyl (C=O) groups excluding carboxylic acids is 1. The van der Waals surface area contributed by atoms with Crippen molar-refractivity contribution in [1.29, 1.82) is 0 Å². The first-order valence-electron chi connectivity index (χ1n) is 9.36. The average molecular weight is 371 g/mol. The zero-order valence-electron chi connectivity index (χ0n) is 16.1. The van der Waals surface area contributed by atoms with Gasteiger partial charge in [0.1, 0.15) is 11.6 Å². The quantitative estimate of drug-likeness (QED) is 0.840. The van der Waals surface area contributed by atoms with Crippen LogP contribution in [0.2, 0.25) is 0 Å². The first-order chi connectivity index (χ1) is 13.0. The Balaban J connectivity index is 1.93. The first kappa shape index (κ1) is 19.4. The number of anilines is 1. The molecule has 1 aliphatic heterocycles. The van der Waals surface area contributed by atoms with Crippen LogP contribution in [0.25, 0.3) is 0 Å². The van der Waals surface area contributed by atoms with E-state index in [4.69, 9.17) is 9.47 Å². The summed E-state index contributed by atoms with van der Waals surface area (Å²) in [6, 6.07) is 10.3. The van der Waals surface area contributed by atoms with Gasteiger partial charge in [0.25, 0.3) is 0 Å². The summed E-state index contributed by atoms with van der Waals surface area (Å²) in [5.41, 5.74) is 2.12. The predicted molar refractivity (Wildman–Crippen MR) is 104 cm³/mol. The molecule has 144 valence electrons. The summed E-state index contributed by atoms with van der Waals surface area (Å²) in [6.07, 6.45) is 0.906. The van der Waals surface area contributed by atoms with E-state index in [-0.39, 0.29) is 11.7 Å². The summed E-state index contributed by atoms with van der Waals surface area (Å²) in [5, 5.41) is 3.01. The third-order valence-electron chi connectivity index (χ3n) is 5.18. The van der Waals surface area contributed by atoms with Gasteiger partial charge in [-0.25, -0.2) is 4.39 Å². The Morgan fingerprint density at radius 1 is 1.19 bits per heavy atom. The number of carbonyl (C=O) groups is 1. The van der Waals surface area contributed by atoms with Gasteiger partial charge in [-0.05, 0) is 62.9 Å². The fraction of sp³-hybridized carbons (Fsp3) is 0.409. The number of rotatable bonds is 5. The maximum atomic E-state index is 14.5. The smallest absolute Gasteiger partial charge is 0.235 e. The lowest BCUT2D eigenvalue weighted by molar-refractivity contribution is -0.125. The van der Waals surface area contributed by atoms with Crippen LogP contribution in [0, 0.1) is 19.7 Å². The summed E-state index contributed by atoms with van der Waals surface area (Å²) in [4.78, 5) is 13.3. The van der Waals surface area contributed by atoms with E-state index >= 15 is 0 Å². The molecule has 0 aliphatic carbocycles. The van der Waals surface area contributed by atoms with Gasteiger partial charge in [0.15, 0.2) is 0 Å². The van der Waals surface area contributed by atoms with Crippen LogP contribution in [0.3, 0.4) is 0 Å². The average Bonchev–Trinajstić information content (AvgIpc) is 2.65. The molecule has 0 saturated carbocycles. The van der Waals surface area contributed by atoms with Crippen LogP contribution in [0.1, 0.15) is 36.5 Å². The van der Waals surface area contributed by atoms with E-state index in [0.29, 0.717) is 43.9 Å². The molecule has 0 spiro atoms. The maximum absolute atomic E-state index is 14.5. The largest absolute Gasteiger partial charge is 0.493 e. The fourth-order valence-corrected chi connectivity index (χ4v) is 3.83. The van der Waals surface area contributed by atoms with E-state index in [1.807, 2.05) is 32.9 Å². The van der Waals surface area contributed by atoms with E-state index in [1.54, 1.807) is 18.2 Å². The van der Waals surface area contributed by atoms with Crippen molar-refractivity contribution in [3.05, 3.63) is 58.9 Å². The number of amides is 1. The van der Waals surface area contributed by atoms with Gasteiger partial charge in [0, 0.05) is 24.5 Å². The zero-order valence-corrected chi connectivity index (χ0v) is 16.1. The number of halogens is 1. The summed E-state index contributed by atoms with van der Waals surface area (Å²) in [5.74, 6) is 0.290. The highest BCUT2D eigenvalue weighted by atomic mass is 19.1. The molecule has 4 nitrogen and oxygen atoms in total. The van der Waals surface area contributed by atoms with Gasteiger partial charge in [0.05, 0.1) is 12.0 Å². The molecule has 0 radical (unpaired) electrons. The van der Waals surface area contributed by atoms with E-state index < -0.39 is 5.41 Å². The third-order valence-corrected chi connectivity index (χ3v) is 5.18. The highest BCUT2D eigenvalue weighted by molar-refractivity contribution is 5.99. The second kappa shape index (κ2) is 8.09. The van der Waals surface area contributed by atoms with Crippen LogP contribution >= 0.6 is 0 Å². The summed E-state index contributed by atoms with van der Waals surface area (Å²) in [7, 11) is 0. The van der Waals surface area contributed by atoms with Crippen molar-refractivity contribution in [2.75, 3.05) is 25.1 Å². The van der Waals surface area contributed by atoms with E-state index in [9.17, 15) is 9.18 Å². The number of benzene rings is 2. The Kier molecular flexibility index (Phi) is 5.80. The Labute approximate surface area is 159 Å². The minimum Gasteiger partial charge on any atom is -0.493 e. The van der Waals surface area contributed by atoms with Crippen molar-refractivity contribution in [2.24, 2.45) is 0 Å². The molecule has 1 heterocycles. The molecular weight excluding hydrogens is 345 g/mol. The topological polar surface area (TPSA) is 47.6 Å². The molecule has 1 fully saturated rings. The SMILES string of the molecule is CCOc1c(C)cc(NC(=O)C2(c3ccccc3F)CCOCC2)cc1C. The van der Waals surface area contributed by atoms with Gasteiger partial charge in [-0.2, -0.15) is 0 Å². The second-order valence-electron chi connectivity index (χ2n) is 7.00. The number of hydrogen-bond acceptors (Lipinski definition) is 3. The van der Waals surface area contributed by atoms with Crippen molar-refractivity contribution < 1.29 is 18.7 Å². The Morgan fingerprint density at radius 2 is 1.81 bits per heavy atom. The minimum absolute atomic E-state index is 0.196. The van der Waals surface area contributed by atoms with Crippen molar-refractivity contribution in [2.45, 2.75) is 39.0 Å². The molecule has 0 atom stereocenters. The van der Waals surface area contributed by atoms with Crippen LogP contribution < -0.4 is 10.1 Å². The van der Waals surface area contributed by atoms with E-state index in [0.717, 1.165) is 16.9 Å². The van der Waals surface area contributed by atoms with Gasteiger partial charge in [-0.1, -0.05) is 18.2 Å². The molecule has 1 N–H and O–H groups in total. The lowest BCUT2D eigenvalue weighted by Crippen LogP contribution is -2.45. The number of nitrogens with one attached hydrogen (secondary N) is 1. The van der Waals surface area contributed by atoms with Gasteiger partial charge in [-0.3, -0.25) is 4.79 Å². The van der Waals surface area contributed by atoms with Crippen LogP contribution in [-0.4, -0.2) is 25.7 Å². The maximum Gasteiger partial charge on any atom is 0.235 e. The highest BCUT2D eigenvalue weighted by Crippen LogP contribution is 2.38. The van der Waals surface area contributed by atoms with E-state index in [2.05, 4.69) is 5.32 Å². The second-order valence-corrected chi connectivity index (χ2v) is 7.00. The van der Waals surface area contributed by atoms with Gasteiger partial charge >= 0.3 is 0 Å². The number of ether oxygens (including phenoxy) is 2. The van der Waals surface area contributed by atoms with Crippen molar-refractivity contribution in [3.63, 3.8) is 0 Å². The molecule has 0 bridgehead atoms. The van der Waals surface area contributed by atoms with Gasteiger partial charge in [0.2, 0.25) is 5.91 Å². The molecule has 0 unspecified atom stereocenters. The lowest BCUT2D eigenvalue weighted by Gasteiger charge is -2.36. The van der Waals surface area contributed by atoms with Gasteiger partial charge < -0.3 is 14.8 Å². The van der Waals surface area contributed by atoms with Crippen molar-refractivity contribution in [3.8, 4) is 5.75 Å². The first-order valence-corrected chi connectivity index (χ1v) is 9.36. The lowest BCUT2D eigenvalue weighted by atomic mass is 9.73. The molecule has 2 aromatic rings. The molecule has 3 rings (SSSR count). The molecule has 1 saturated heterocycles. The summed E-state index contributed by atoms with van der Waals surface area (Å²) in [6.45, 7) is 7.30. The Morgan fingerprint density at radius 3 is 2.41 bits per heavy atom. The zero-order chi connectivity index (χ0) is 19.4. The molecule has 2 aromatic carbocycles. The molecule has 27 heavy (non-hydrogen) atoms. The minimum atomic E-state index is -0.927. The molecule has 5 heteroatoms. The Bertz CT molecular complexity index is 805. The van der Waals surface area contributed by atoms with Crippen LogP contribution in [0.5, 0.6) is 5.75 Å². The summed E-state index contributed by atoms with van der Waals surface area (Å²) >= 11 is 0. The molecule has 1 aliphatic rings. The standard InChI is InChI=1S/C22H26FNO3/c1-4-27-20-15(2)13-17(14-16(20)3)24-21(25)22(9-11-26-12-10-22)18-7-5-6-8-19(18)23/h5-8,13-14H,4,9-12H2,1-3H3,(H,24,25). The predicted octanol–water partition coefficient (Wildman–Crippen LogP) is 4.53. The normalized spacial score (nSPS) is 16.0.